The van der Waals surface area contributed by atoms with Crippen LogP contribution < -0.4 is 11.1 Å². The van der Waals surface area contributed by atoms with E-state index in [9.17, 15) is 0 Å². The SMILES string of the molecule is CN=C(N)NCC1CCCCC1. The molecule has 0 aromatic carbocycles. The molecule has 1 aliphatic rings. The Hall–Kier alpha value is -0.730. The number of nitrogens with zero attached hydrogens (tertiary/aromatic N) is 1. The molecule has 3 nitrogen and oxygen atoms in total. The first-order valence-corrected chi connectivity index (χ1v) is 4.79. The molecule has 0 bridgehead atoms. The molecule has 0 aliphatic heterocycles. The van der Waals surface area contributed by atoms with Crippen molar-refractivity contribution in [2.45, 2.75) is 32.1 Å². The minimum Gasteiger partial charge on any atom is -0.370 e. The van der Waals surface area contributed by atoms with Crippen molar-refractivity contribution in [2.75, 3.05) is 13.6 Å². The van der Waals surface area contributed by atoms with E-state index in [4.69, 9.17) is 5.73 Å². The highest BCUT2D eigenvalue weighted by Crippen LogP contribution is 2.22. The van der Waals surface area contributed by atoms with Crippen molar-refractivity contribution in [3.8, 4) is 0 Å². The van der Waals surface area contributed by atoms with Gasteiger partial charge in [0.1, 0.15) is 0 Å². The Morgan fingerprint density at radius 2 is 2.08 bits per heavy atom. The predicted octanol–water partition coefficient (Wildman–Crippen LogP) is 1.10. The first-order chi connectivity index (χ1) is 5.83. The summed E-state index contributed by atoms with van der Waals surface area (Å²) in [5, 5.41) is 3.13. The minimum absolute atomic E-state index is 0.570. The lowest BCUT2D eigenvalue weighted by molar-refractivity contribution is 0.356. The van der Waals surface area contributed by atoms with E-state index in [2.05, 4.69) is 10.3 Å². The van der Waals surface area contributed by atoms with Crippen LogP contribution in [0.4, 0.5) is 0 Å². The van der Waals surface area contributed by atoms with Gasteiger partial charge in [0.2, 0.25) is 0 Å². The maximum Gasteiger partial charge on any atom is 0.188 e. The number of rotatable bonds is 2. The predicted molar refractivity (Wildman–Crippen MR) is 52.1 cm³/mol. The Morgan fingerprint density at radius 1 is 1.42 bits per heavy atom. The van der Waals surface area contributed by atoms with Gasteiger partial charge in [0.05, 0.1) is 0 Å². The summed E-state index contributed by atoms with van der Waals surface area (Å²) in [6, 6.07) is 0. The van der Waals surface area contributed by atoms with Gasteiger partial charge in [0.15, 0.2) is 5.96 Å². The summed E-state index contributed by atoms with van der Waals surface area (Å²) in [5.41, 5.74) is 5.53. The highest BCUT2D eigenvalue weighted by molar-refractivity contribution is 5.77. The maximum absolute atomic E-state index is 5.53. The number of guanidine groups is 1. The number of nitrogens with two attached hydrogens (primary N) is 1. The summed E-state index contributed by atoms with van der Waals surface area (Å²) in [4.78, 5) is 3.86. The Morgan fingerprint density at radius 3 is 2.67 bits per heavy atom. The van der Waals surface area contributed by atoms with Crippen molar-refractivity contribution < 1.29 is 0 Å². The highest BCUT2D eigenvalue weighted by atomic mass is 15.1. The summed E-state index contributed by atoms with van der Waals surface area (Å²) in [6.07, 6.45) is 6.88. The molecule has 3 N–H and O–H groups in total. The zero-order chi connectivity index (χ0) is 8.81. The average molecular weight is 169 g/mol. The molecule has 1 saturated carbocycles. The van der Waals surface area contributed by atoms with Crippen molar-refractivity contribution in [3.63, 3.8) is 0 Å². The van der Waals surface area contributed by atoms with E-state index in [1.165, 1.54) is 32.1 Å². The van der Waals surface area contributed by atoms with Crippen molar-refractivity contribution in [3.05, 3.63) is 0 Å². The van der Waals surface area contributed by atoms with Crippen LogP contribution in [0.15, 0.2) is 4.99 Å². The molecule has 0 spiro atoms. The lowest BCUT2D eigenvalue weighted by Gasteiger charge is -2.21. The molecule has 70 valence electrons. The van der Waals surface area contributed by atoms with Gasteiger partial charge in [0.25, 0.3) is 0 Å². The second kappa shape index (κ2) is 5.01. The quantitative estimate of drug-likeness (QED) is 0.480. The third-order valence-corrected chi connectivity index (χ3v) is 2.54. The van der Waals surface area contributed by atoms with Gasteiger partial charge in [-0.2, -0.15) is 0 Å². The summed E-state index contributed by atoms with van der Waals surface area (Å²) in [7, 11) is 1.71. The molecular formula is C9H19N3. The highest BCUT2D eigenvalue weighted by Gasteiger charge is 2.12. The largest absolute Gasteiger partial charge is 0.370 e. The third kappa shape index (κ3) is 3.11. The number of nitrogens with one attached hydrogen (secondary N) is 1. The number of aliphatic imine (C=N–C) groups is 1. The summed E-state index contributed by atoms with van der Waals surface area (Å²) < 4.78 is 0. The van der Waals surface area contributed by atoms with Gasteiger partial charge in [0, 0.05) is 13.6 Å². The molecule has 12 heavy (non-hydrogen) atoms. The van der Waals surface area contributed by atoms with E-state index in [-0.39, 0.29) is 0 Å². The van der Waals surface area contributed by atoms with Crippen LogP contribution in [-0.4, -0.2) is 19.6 Å². The number of hydrogen-bond donors (Lipinski definition) is 2. The molecule has 0 unspecified atom stereocenters. The Bertz CT molecular complexity index is 148. The molecule has 0 amide bonds. The molecule has 0 aromatic rings. The fourth-order valence-electron chi connectivity index (χ4n) is 1.72. The fourth-order valence-corrected chi connectivity index (χ4v) is 1.72. The Kier molecular flexibility index (Phi) is 3.91. The fraction of sp³-hybridized carbons (Fsp3) is 0.889. The molecule has 0 heterocycles. The molecular weight excluding hydrogens is 150 g/mol. The molecule has 3 heteroatoms. The Labute approximate surface area is 74.4 Å². The first kappa shape index (κ1) is 9.36. The van der Waals surface area contributed by atoms with Crippen LogP contribution in [-0.2, 0) is 0 Å². The molecule has 1 fully saturated rings. The monoisotopic (exact) mass is 169 g/mol. The molecule has 0 aromatic heterocycles. The van der Waals surface area contributed by atoms with Gasteiger partial charge < -0.3 is 11.1 Å². The van der Waals surface area contributed by atoms with Gasteiger partial charge in [-0.25, -0.2) is 0 Å². The van der Waals surface area contributed by atoms with Crippen molar-refractivity contribution >= 4 is 5.96 Å². The zero-order valence-corrected chi connectivity index (χ0v) is 7.84. The van der Waals surface area contributed by atoms with Crippen LogP contribution in [0.2, 0.25) is 0 Å². The van der Waals surface area contributed by atoms with E-state index < -0.39 is 0 Å². The van der Waals surface area contributed by atoms with Crippen LogP contribution in [0.3, 0.4) is 0 Å². The first-order valence-electron chi connectivity index (χ1n) is 4.79. The van der Waals surface area contributed by atoms with Crippen LogP contribution >= 0.6 is 0 Å². The van der Waals surface area contributed by atoms with Gasteiger partial charge in [-0.3, -0.25) is 4.99 Å². The van der Waals surface area contributed by atoms with Gasteiger partial charge in [-0.1, -0.05) is 19.3 Å². The molecule has 0 saturated heterocycles. The van der Waals surface area contributed by atoms with Crippen molar-refractivity contribution in [1.29, 1.82) is 0 Å². The van der Waals surface area contributed by atoms with Crippen LogP contribution in [0, 0.1) is 5.92 Å². The average Bonchev–Trinajstić information content (AvgIpc) is 2.16. The second-order valence-corrected chi connectivity index (χ2v) is 3.49. The van der Waals surface area contributed by atoms with Crippen LogP contribution in [0.25, 0.3) is 0 Å². The number of hydrogen-bond acceptors (Lipinski definition) is 1. The van der Waals surface area contributed by atoms with Crippen molar-refractivity contribution in [2.24, 2.45) is 16.6 Å². The van der Waals surface area contributed by atoms with Crippen LogP contribution in [0.5, 0.6) is 0 Å². The summed E-state index contributed by atoms with van der Waals surface area (Å²) >= 11 is 0. The van der Waals surface area contributed by atoms with E-state index >= 15 is 0 Å². The van der Waals surface area contributed by atoms with E-state index in [1.54, 1.807) is 7.05 Å². The van der Waals surface area contributed by atoms with Crippen LogP contribution in [0.1, 0.15) is 32.1 Å². The minimum atomic E-state index is 0.570. The molecule has 0 atom stereocenters. The molecule has 0 radical (unpaired) electrons. The second-order valence-electron chi connectivity index (χ2n) is 3.49. The topological polar surface area (TPSA) is 50.4 Å². The normalized spacial score (nSPS) is 20.9. The third-order valence-electron chi connectivity index (χ3n) is 2.54. The standard InChI is InChI=1S/C9H19N3/c1-11-9(10)12-7-8-5-3-2-4-6-8/h8H,2-7H2,1H3,(H3,10,11,12). The Balaban J connectivity index is 2.13. The van der Waals surface area contributed by atoms with Gasteiger partial charge in [-0.05, 0) is 18.8 Å². The van der Waals surface area contributed by atoms with E-state index in [0.717, 1.165) is 12.5 Å². The van der Waals surface area contributed by atoms with Crippen molar-refractivity contribution in [1.82, 2.24) is 5.32 Å². The van der Waals surface area contributed by atoms with Gasteiger partial charge in [-0.15, -0.1) is 0 Å². The van der Waals surface area contributed by atoms with Gasteiger partial charge >= 0.3 is 0 Å². The van der Waals surface area contributed by atoms with E-state index in [1.807, 2.05) is 0 Å². The lowest BCUT2D eigenvalue weighted by atomic mass is 9.89. The molecule has 1 aliphatic carbocycles. The smallest absolute Gasteiger partial charge is 0.188 e. The maximum atomic E-state index is 5.53. The zero-order valence-electron chi connectivity index (χ0n) is 7.84. The molecule has 1 rings (SSSR count). The summed E-state index contributed by atoms with van der Waals surface area (Å²) in [6.45, 7) is 1.00. The lowest BCUT2D eigenvalue weighted by Crippen LogP contribution is -2.35. The van der Waals surface area contributed by atoms with E-state index in [0.29, 0.717) is 5.96 Å². The summed E-state index contributed by atoms with van der Waals surface area (Å²) in [5.74, 6) is 1.39.